The lowest BCUT2D eigenvalue weighted by molar-refractivity contribution is 0.0861. The predicted octanol–water partition coefficient (Wildman–Crippen LogP) is 6.16. The molecule has 4 nitrogen and oxygen atoms in total. The van der Waals surface area contributed by atoms with Crippen LogP contribution in [0, 0.1) is 23.2 Å². The number of aliphatic hydroxyl groups is 2. The van der Waals surface area contributed by atoms with E-state index < -0.39 is 26.8 Å². The average molecular weight is 511 g/mol. The van der Waals surface area contributed by atoms with Crippen molar-refractivity contribution in [1.82, 2.24) is 0 Å². The highest BCUT2D eigenvalue weighted by atomic mass is 32.2. The van der Waals surface area contributed by atoms with Crippen LogP contribution in [0.25, 0.3) is 0 Å². The zero-order chi connectivity index (χ0) is 25.7. The molecule has 0 bridgehead atoms. The summed E-state index contributed by atoms with van der Waals surface area (Å²) in [4.78, 5) is 0.473. The van der Waals surface area contributed by atoms with Crippen LogP contribution in [0.1, 0.15) is 78.1 Å². The van der Waals surface area contributed by atoms with Gasteiger partial charge in [0.25, 0.3) is 0 Å². The molecule has 4 aliphatic carbocycles. The molecule has 2 N–H and O–H groups in total. The summed E-state index contributed by atoms with van der Waals surface area (Å²) in [6.07, 6.45) is 12.2. The normalized spacial score (nSPS) is 37.2. The maximum atomic E-state index is 13.5. The second-order valence-electron chi connectivity index (χ2n) is 12.3. The van der Waals surface area contributed by atoms with Gasteiger partial charge in [0.2, 0.25) is 0 Å². The molecule has 0 radical (unpaired) electrons. The van der Waals surface area contributed by atoms with Crippen molar-refractivity contribution in [2.45, 2.75) is 99.9 Å². The topological polar surface area (TPSA) is 74.6 Å². The Morgan fingerprint density at radius 3 is 2.53 bits per heavy atom. The Kier molecular flexibility index (Phi) is 6.89. The van der Waals surface area contributed by atoms with Crippen LogP contribution in [0.15, 0.2) is 70.7 Å². The van der Waals surface area contributed by atoms with Gasteiger partial charge in [-0.15, -0.1) is 0 Å². The van der Waals surface area contributed by atoms with Crippen molar-refractivity contribution in [2.24, 2.45) is 23.2 Å². The first-order chi connectivity index (χ1) is 17.1. The molecule has 1 aromatic rings. The van der Waals surface area contributed by atoms with Crippen molar-refractivity contribution in [3.8, 4) is 0 Å². The molecule has 4 fully saturated rings. The van der Waals surface area contributed by atoms with Crippen molar-refractivity contribution in [3.05, 3.63) is 65.8 Å². The molecule has 5 rings (SSSR count). The van der Waals surface area contributed by atoms with E-state index in [2.05, 4.69) is 32.6 Å². The highest BCUT2D eigenvalue weighted by Crippen LogP contribution is 2.62. The van der Waals surface area contributed by atoms with Crippen LogP contribution < -0.4 is 0 Å². The summed E-state index contributed by atoms with van der Waals surface area (Å²) in [5, 5.41) is 20.3. The van der Waals surface area contributed by atoms with Crippen molar-refractivity contribution < 1.29 is 18.6 Å². The van der Waals surface area contributed by atoms with Gasteiger partial charge in [0.1, 0.15) is 0 Å². The van der Waals surface area contributed by atoms with Crippen molar-refractivity contribution in [1.29, 1.82) is 0 Å². The monoisotopic (exact) mass is 510 g/mol. The van der Waals surface area contributed by atoms with E-state index in [0.717, 1.165) is 56.1 Å². The molecule has 0 aliphatic heterocycles. The van der Waals surface area contributed by atoms with E-state index in [0.29, 0.717) is 35.5 Å². The number of sulfone groups is 1. The average Bonchev–Trinajstić information content (AvgIpc) is 3.54. The van der Waals surface area contributed by atoms with Crippen LogP contribution in [-0.2, 0) is 9.84 Å². The zero-order valence-electron chi connectivity index (χ0n) is 21.8. The molecule has 4 aliphatic rings. The number of aliphatic hydroxyl groups excluding tert-OH is 2. The first kappa shape index (κ1) is 25.9. The summed E-state index contributed by atoms with van der Waals surface area (Å²) < 4.78 is 26.5. The van der Waals surface area contributed by atoms with Gasteiger partial charge in [-0.3, -0.25) is 0 Å². The number of allylic oxidation sites excluding steroid dienone is 3. The van der Waals surface area contributed by atoms with E-state index >= 15 is 0 Å². The van der Waals surface area contributed by atoms with E-state index in [9.17, 15) is 18.6 Å². The standard InChI is InChI=1S/C31H42O4S/c1-21(20-31(16-17-31)36(34,35)26-9-5-4-6-10-26)27-13-14-28-23(8-7-15-30(27,28)3)11-12-24-18-25(32)19-29(33)22(24)2/h4-6,9-12,21,25,27-29,32-33H,2,7-8,13-20H2,1,3H3/b23-11+,24-12-/t21-,25?,27-,28+,29?,30-/m1/s1. The summed E-state index contributed by atoms with van der Waals surface area (Å²) in [6, 6.07) is 9.02. The summed E-state index contributed by atoms with van der Waals surface area (Å²) in [7, 11) is -3.32. The molecule has 5 heteroatoms. The third-order valence-electron chi connectivity index (χ3n) is 10.1. The van der Waals surface area contributed by atoms with Crippen LogP contribution in [0.5, 0.6) is 0 Å². The van der Waals surface area contributed by atoms with Crippen LogP contribution >= 0.6 is 0 Å². The van der Waals surface area contributed by atoms with E-state index in [1.54, 1.807) is 12.1 Å². The van der Waals surface area contributed by atoms with Gasteiger partial charge < -0.3 is 10.2 Å². The smallest absolute Gasteiger partial charge is 0.184 e. The van der Waals surface area contributed by atoms with E-state index in [1.807, 2.05) is 18.2 Å². The molecule has 196 valence electrons. The highest BCUT2D eigenvalue weighted by molar-refractivity contribution is 7.93. The molecular formula is C31H42O4S. The molecule has 4 saturated carbocycles. The third kappa shape index (κ3) is 4.46. The maximum Gasteiger partial charge on any atom is 0.184 e. The maximum absolute atomic E-state index is 13.5. The first-order valence-electron chi connectivity index (χ1n) is 13.8. The van der Waals surface area contributed by atoms with Crippen LogP contribution in [0.4, 0.5) is 0 Å². The number of hydrogen-bond donors (Lipinski definition) is 2. The zero-order valence-corrected chi connectivity index (χ0v) is 22.6. The van der Waals surface area contributed by atoms with Crippen molar-refractivity contribution in [3.63, 3.8) is 0 Å². The van der Waals surface area contributed by atoms with E-state index in [-0.39, 0.29) is 5.41 Å². The van der Waals surface area contributed by atoms with Gasteiger partial charge in [-0.1, -0.05) is 56.4 Å². The van der Waals surface area contributed by atoms with Crippen LogP contribution in [-0.4, -0.2) is 35.6 Å². The van der Waals surface area contributed by atoms with Gasteiger partial charge in [0, 0.05) is 6.42 Å². The predicted molar refractivity (Wildman–Crippen MR) is 144 cm³/mol. The molecule has 0 amide bonds. The fourth-order valence-corrected chi connectivity index (χ4v) is 10.1. The Hall–Kier alpha value is -1.69. The Morgan fingerprint density at radius 2 is 1.83 bits per heavy atom. The first-order valence-corrected chi connectivity index (χ1v) is 15.3. The third-order valence-corrected chi connectivity index (χ3v) is 12.7. The quantitative estimate of drug-likeness (QED) is 0.481. The van der Waals surface area contributed by atoms with Gasteiger partial charge in [-0.25, -0.2) is 8.42 Å². The lowest BCUT2D eigenvalue weighted by atomic mass is 9.60. The Morgan fingerprint density at radius 1 is 1.11 bits per heavy atom. The minimum Gasteiger partial charge on any atom is -0.393 e. The summed E-state index contributed by atoms with van der Waals surface area (Å²) in [5.41, 5.74) is 3.37. The SMILES string of the molecule is C=C1/C(=C\C=C2/CCC[C@]3(C)[C@@H]([C@H](C)CC4(S(=O)(=O)c5ccccc5)CC4)CC[C@@H]23)CC(O)CC1O. The van der Waals surface area contributed by atoms with Gasteiger partial charge in [0.05, 0.1) is 21.9 Å². The molecule has 0 spiro atoms. The van der Waals surface area contributed by atoms with Crippen LogP contribution in [0.3, 0.4) is 0 Å². The fourth-order valence-electron chi connectivity index (χ4n) is 7.98. The van der Waals surface area contributed by atoms with Crippen LogP contribution in [0.2, 0.25) is 0 Å². The van der Waals surface area contributed by atoms with Crippen molar-refractivity contribution >= 4 is 9.84 Å². The molecule has 6 atom stereocenters. The number of fused-ring (bicyclic) bond motifs is 1. The van der Waals surface area contributed by atoms with Gasteiger partial charge in [0.15, 0.2) is 9.84 Å². The largest absolute Gasteiger partial charge is 0.393 e. The van der Waals surface area contributed by atoms with E-state index in [4.69, 9.17) is 0 Å². The molecule has 1 aromatic carbocycles. The summed E-state index contributed by atoms with van der Waals surface area (Å²) >= 11 is 0. The number of benzene rings is 1. The Balaban J connectivity index is 1.33. The minimum absolute atomic E-state index is 0.192. The molecule has 0 heterocycles. The lowest BCUT2D eigenvalue weighted by Gasteiger charge is -2.45. The van der Waals surface area contributed by atoms with Gasteiger partial charge >= 0.3 is 0 Å². The summed E-state index contributed by atoms with van der Waals surface area (Å²) in [6.45, 7) is 8.81. The van der Waals surface area contributed by atoms with E-state index in [1.165, 1.54) is 12.0 Å². The van der Waals surface area contributed by atoms with Gasteiger partial charge in [-0.2, -0.15) is 0 Å². The Bertz CT molecular complexity index is 1160. The molecule has 36 heavy (non-hydrogen) atoms. The minimum atomic E-state index is -3.32. The van der Waals surface area contributed by atoms with Gasteiger partial charge in [-0.05, 0) is 104 Å². The second-order valence-corrected chi connectivity index (χ2v) is 14.7. The molecular weight excluding hydrogens is 468 g/mol. The van der Waals surface area contributed by atoms with Crippen molar-refractivity contribution in [2.75, 3.05) is 0 Å². The molecule has 0 aromatic heterocycles. The Labute approximate surface area is 217 Å². The number of rotatable bonds is 6. The lowest BCUT2D eigenvalue weighted by Crippen LogP contribution is -2.38. The second kappa shape index (κ2) is 9.56. The fraction of sp³-hybridized carbons (Fsp3) is 0.613. The highest BCUT2D eigenvalue weighted by Gasteiger charge is 2.58. The molecule has 0 saturated heterocycles. The molecule has 2 unspecified atom stereocenters. The summed E-state index contributed by atoms with van der Waals surface area (Å²) in [5.74, 6) is 1.40. The number of hydrogen-bond acceptors (Lipinski definition) is 4.